The minimum atomic E-state index is -1.63. The molecule has 43 heavy (non-hydrogen) atoms. The summed E-state index contributed by atoms with van der Waals surface area (Å²) in [5.41, 5.74) is 6.31. The van der Waals surface area contributed by atoms with E-state index in [0.29, 0.717) is 5.56 Å². The van der Waals surface area contributed by atoms with Crippen molar-refractivity contribution in [2.75, 3.05) is 6.54 Å². The van der Waals surface area contributed by atoms with Crippen LogP contribution < -0.4 is 32.3 Å². The Kier molecular flexibility index (Phi) is 14.8. The van der Waals surface area contributed by atoms with Crippen molar-refractivity contribution in [1.29, 1.82) is 0 Å². The Morgan fingerprint density at radius 1 is 0.651 bits per heavy atom. The Morgan fingerprint density at radius 3 is 1.63 bits per heavy atom. The lowest BCUT2D eigenvalue weighted by Crippen LogP contribution is -2.60. The molecule has 5 atom stereocenters. The van der Waals surface area contributed by atoms with Crippen LogP contribution in [-0.4, -0.2) is 88.4 Å². The van der Waals surface area contributed by atoms with Crippen molar-refractivity contribution in [2.45, 2.75) is 77.7 Å². The number of nitrogens with one attached hydrogen (secondary N) is 5. The van der Waals surface area contributed by atoms with Crippen LogP contribution in [0.15, 0.2) is 30.3 Å². The van der Waals surface area contributed by atoms with Crippen LogP contribution in [0.3, 0.4) is 0 Å². The molecule has 0 aliphatic rings. The van der Waals surface area contributed by atoms with E-state index in [-0.39, 0.29) is 6.42 Å². The Bertz CT molecular complexity index is 1160. The molecular formula is C28H42N6O9. The highest BCUT2D eigenvalue weighted by atomic mass is 16.4. The number of nitrogens with two attached hydrogens (primary N) is 1. The summed E-state index contributed by atoms with van der Waals surface area (Å²) in [4.78, 5) is 86.9. The van der Waals surface area contributed by atoms with Gasteiger partial charge in [0.1, 0.15) is 30.7 Å². The van der Waals surface area contributed by atoms with E-state index in [4.69, 9.17) is 10.8 Å². The number of benzene rings is 1. The van der Waals surface area contributed by atoms with E-state index in [1.165, 1.54) is 6.92 Å². The SMILES string of the molecule is CC(N)C(=O)NC(Cc1ccccc1)C(=O)NC(CC(=O)O)C(=O)NC(C(=O)NC(C(=O)NCC(=O)O)C(C)C)C(C)C. The van der Waals surface area contributed by atoms with Gasteiger partial charge in [0.25, 0.3) is 0 Å². The van der Waals surface area contributed by atoms with Crippen molar-refractivity contribution in [3.05, 3.63) is 35.9 Å². The van der Waals surface area contributed by atoms with Crippen LogP contribution in [0.4, 0.5) is 0 Å². The molecule has 1 aromatic rings. The van der Waals surface area contributed by atoms with Gasteiger partial charge in [0.15, 0.2) is 0 Å². The maximum absolute atomic E-state index is 13.3. The molecule has 0 radical (unpaired) electrons. The number of carbonyl (C=O) groups is 7. The number of aliphatic carboxylic acids is 2. The molecule has 0 bridgehead atoms. The first kappa shape index (κ1) is 36.5. The Labute approximate surface area is 249 Å². The maximum atomic E-state index is 13.3. The first-order chi connectivity index (χ1) is 20.0. The van der Waals surface area contributed by atoms with Crippen LogP contribution in [0.2, 0.25) is 0 Å². The van der Waals surface area contributed by atoms with E-state index in [2.05, 4.69) is 26.6 Å². The lowest BCUT2D eigenvalue weighted by molar-refractivity contribution is -0.141. The molecule has 0 saturated carbocycles. The maximum Gasteiger partial charge on any atom is 0.322 e. The van der Waals surface area contributed by atoms with Gasteiger partial charge in [-0.15, -0.1) is 0 Å². The summed E-state index contributed by atoms with van der Waals surface area (Å²) >= 11 is 0. The van der Waals surface area contributed by atoms with Crippen molar-refractivity contribution in [1.82, 2.24) is 26.6 Å². The minimum absolute atomic E-state index is 0.0180. The summed E-state index contributed by atoms with van der Waals surface area (Å²) in [6.07, 6.45) is -0.820. The Balaban J connectivity index is 3.16. The fourth-order valence-corrected chi connectivity index (χ4v) is 3.86. The molecule has 1 aromatic carbocycles. The molecule has 0 aromatic heterocycles. The number of carboxylic acid groups (broad SMARTS) is 2. The summed E-state index contributed by atoms with van der Waals surface area (Å²) < 4.78 is 0. The van der Waals surface area contributed by atoms with Gasteiger partial charge in [-0.25, -0.2) is 0 Å². The van der Waals surface area contributed by atoms with Crippen molar-refractivity contribution in [2.24, 2.45) is 17.6 Å². The third kappa shape index (κ3) is 12.9. The number of hydrogen-bond acceptors (Lipinski definition) is 8. The zero-order chi connectivity index (χ0) is 32.9. The number of amides is 5. The van der Waals surface area contributed by atoms with Gasteiger partial charge in [-0.1, -0.05) is 58.0 Å². The molecule has 0 heterocycles. The third-order valence-corrected chi connectivity index (χ3v) is 6.25. The predicted molar refractivity (Wildman–Crippen MR) is 154 cm³/mol. The fraction of sp³-hybridized carbons (Fsp3) is 0.536. The highest BCUT2D eigenvalue weighted by Gasteiger charge is 2.34. The highest BCUT2D eigenvalue weighted by Crippen LogP contribution is 2.09. The standard InChI is InChI=1S/C28H42N6O9/c1-14(2)22(27(42)30-13-21(37)38)34-28(43)23(15(3)4)33-26(41)19(12-20(35)36)32-25(40)18(31-24(39)16(5)29)11-17-9-7-6-8-10-17/h6-10,14-16,18-19,22-23H,11-13,29H2,1-5H3,(H,30,42)(H,31,39)(H,32,40)(H,33,41)(H,34,43)(H,35,36)(H,37,38). The molecule has 0 saturated heterocycles. The van der Waals surface area contributed by atoms with E-state index < -0.39 is 96.5 Å². The topological polar surface area (TPSA) is 246 Å². The average Bonchev–Trinajstić information content (AvgIpc) is 2.91. The van der Waals surface area contributed by atoms with E-state index in [9.17, 15) is 38.7 Å². The van der Waals surface area contributed by atoms with Gasteiger partial charge >= 0.3 is 11.9 Å². The minimum Gasteiger partial charge on any atom is -0.481 e. The number of carbonyl (C=O) groups excluding carboxylic acids is 5. The second-order valence-corrected chi connectivity index (χ2v) is 10.8. The molecule has 0 fully saturated rings. The lowest BCUT2D eigenvalue weighted by atomic mass is 9.99. The van der Waals surface area contributed by atoms with E-state index in [0.717, 1.165) is 0 Å². The molecule has 1 rings (SSSR count). The molecule has 5 amide bonds. The molecule has 15 heteroatoms. The summed E-state index contributed by atoms with van der Waals surface area (Å²) in [5, 5.41) is 30.3. The van der Waals surface area contributed by atoms with Gasteiger partial charge in [-0.05, 0) is 24.3 Å². The largest absolute Gasteiger partial charge is 0.481 e. The Morgan fingerprint density at radius 2 is 1.14 bits per heavy atom. The second kappa shape index (κ2) is 17.4. The fourth-order valence-electron chi connectivity index (χ4n) is 3.86. The number of carboxylic acids is 2. The van der Waals surface area contributed by atoms with Crippen molar-refractivity contribution in [3.63, 3.8) is 0 Å². The van der Waals surface area contributed by atoms with Crippen LogP contribution >= 0.6 is 0 Å². The monoisotopic (exact) mass is 606 g/mol. The molecular weight excluding hydrogens is 564 g/mol. The smallest absolute Gasteiger partial charge is 0.322 e. The summed E-state index contributed by atoms with van der Waals surface area (Å²) in [7, 11) is 0. The molecule has 5 unspecified atom stereocenters. The van der Waals surface area contributed by atoms with Crippen LogP contribution in [0.25, 0.3) is 0 Å². The van der Waals surface area contributed by atoms with Gasteiger partial charge in [-0.2, -0.15) is 0 Å². The van der Waals surface area contributed by atoms with Gasteiger partial charge in [0.05, 0.1) is 12.5 Å². The van der Waals surface area contributed by atoms with Crippen LogP contribution in [0.5, 0.6) is 0 Å². The molecule has 0 spiro atoms. The van der Waals surface area contributed by atoms with Crippen LogP contribution in [0, 0.1) is 11.8 Å². The van der Waals surface area contributed by atoms with Gasteiger partial charge < -0.3 is 42.5 Å². The zero-order valence-electron chi connectivity index (χ0n) is 24.9. The van der Waals surface area contributed by atoms with Gasteiger partial charge in [0, 0.05) is 6.42 Å². The lowest BCUT2D eigenvalue weighted by Gasteiger charge is -2.28. The third-order valence-electron chi connectivity index (χ3n) is 6.25. The van der Waals surface area contributed by atoms with Crippen molar-refractivity contribution in [3.8, 4) is 0 Å². The van der Waals surface area contributed by atoms with Crippen molar-refractivity contribution < 1.29 is 43.8 Å². The molecule has 238 valence electrons. The van der Waals surface area contributed by atoms with E-state index in [1.807, 2.05) is 0 Å². The molecule has 0 aliphatic heterocycles. The predicted octanol–water partition coefficient (Wildman–Crippen LogP) is -1.50. The van der Waals surface area contributed by atoms with Crippen LogP contribution in [0.1, 0.15) is 46.6 Å². The summed E-state index contributed by atoms with van der Waals surface area (Å²) in [5.74, 6) is -7.68. The van der Waals surface area contributed by atoms with Gasteiger partial charge in [0.2, 0.25) is 29.5 Å². The van der Waals surface area contributed by atoms with Crippen LogP contribution in [-0.2, 0) is 40.0 Å². The van der Waals surface area contributed by atoms with Gasteiger partial charge in [-0.3, -0.25) is 33.6 Å². The second-order valence-electron chi connectivity index (χ2n) is 10.8. The zero-order valence-corrected chi connectivity index (χ0v) is 24.9. The first-order valence-corrected chi connectivity index (χ1v) is 13.8. The normalized spacial score (nSPS) is 14.4. The molecule has 0 aliphatic carbocycles. The van der Waals surface area contributed by atoms with E-state index >= 15 is 0 Å². The van der Waals surface area contributed by atoms with Crippen molar-refractivity contribution >= 4 is 41.5 Å². The quantitative estimate of drug-likeness (QED) is 0.102. The Hall–Kier alpha value is -4.53. The summed E-state index contributed by atoms with van der Waals surface area (Å²) in [6.45, 7) is 7.22. The van der Waals surface area contributed by atoms with E-state index in [1.54, 1.807) is 58.0 Å². The average molecular weight is 607 g/mol. The molecule has 15 nitrogen and oxygen atoms in total. The first-order valence-electron chi connectivity index (χ1n) is 13.8. The summed E-state index contributed by atoms with van der Waals surface area (Å²) in [6, 6.07) is 2.49. The number of hydrogen-bond donors (Lipinski definition) is 8. The number of rotatable bonds is 17. The highest BCUT2D eigenvalue weighted by molar-refractivity contribution is 5.97. The molecule has 9 N–H and O–H groups in total.